The van der Waals surface area contributed by atoms with E-state index in [4.69, 9.17) is 9.47 Å². The third kappa shape index (κ3) is 6.82. The number of benzene rings is 2. The Bertz CT molecular complexity index is 1080. The summed E-state index contributed by atoms with van der Waals surface area (Å²) in [4.78, 5) is 27.5. The number of nitrogens with one attached hydrogen (secondary N) is 1. The van der Waals surface area contributed by atoms with Gasteiger partial charge in [0.1, 0.15) is 12.3 Å². The first kappa shape index (κ1) is 25.6. The van der Waals surface area contributed by atoms with Crippen LogP contribution in [-0.4, -0.2) is 43.0 Å². The molecular weight excluding hydrogens is 528 g/mol. The lowest BCUT2D eigenvalue weighted by molar-refractivity contribution is -0.123. The van der Waals surface area contributed by atoms with E-state index in [1.807, 2.05) is 42.1 Å². The minimum atomic E-state index is -0.348. The number of amides is 2. The van der Waals surface area contributed by atoms with E-state index >= 15 is 0 Å². The molecule has 2 aliphatic rings. The van der Waals surface area contributed by atoms with Crippen molar-refractivity contribution in [1.82, 2.24) is 5.32 Å². The molecule has 2 amide bonds. The van der Waals surface area contributed by atoms with Crippen LogP contribution in [-0.2, 0) is 9.59 Å². The first-order chi connectivity index (χ1) is 17.0. The van der Waals surface area contributed by atoms with Gasteiger partial charge in [-0.2, -0.15) is 11.8 Å². The largest absolute Gasteiger partial charge is 0.496 e. The highest BCUT2D eigenvalue weighted by Gasteiger charge is 2.31. The maximum atomic E-state index is 13.3. The van der Waals surface area contributed by atoms with Crippen molar-refractivity contribution in [3.8, 4) is 11.5 Å². The van der Waals surface area contributed by atoms with Crippen LogP contribution in [0, 0.1) is 0 Å². The molecule has 0 spiro atoms. The molecule has 1 aliphatic carbocycles. The average molecular weight is 560 g/mol. The van der Waals surface area contributed by atoms with Crippen molar-refractivity contribution in [2.24, 2.45) is 0 Å². The van der Waals surface area contributed by atoms with E-state index in [0.717, 1.165) is 27.5 Å². The summed E-state index contributed by atoms with van der Waals surface area (Å²) in [6.07, 6.45) is 9.29. The first-order valence-electron chi connectivity index (χ1n) is 12.1. The van der Waals surface area contributed by atoms with Gasteiger partial charge >= 0.3 is 0 Å². The second-order valence-corrected chi connectivity index (χ2v) is 11.0. The van der Waals surface area contributed by atoms with Gasteiger partial charge in [0, 0.05) is 11.8 Å². The number of hydrogen-bond acceptors (Lipinski definition) is 5. The predicted octanol–water partition coefficient (Wildman–Crippen LogP) is 5.80. The van der Waals surface area contributed by atoms with Crippen LogP contribution >= 0.6 is 27.7 Å². The zero-order chi connectivity index (χ0) is 24.6. The van der Waals surface area contributed by atoms with Gasteiger partial charge in [0.05, 0.1) is 17.3 Å². The predicted molar refractivity (Wildman–Crippen MR) is 145 cm³/mol. The molecule has 0 bridgehead atoms. The number of hydrogen-bond donors (Lipinski definition) is 1. The van der Waals surface area contributed by atoms with Crippen LogP contribution in [0.15, 0.2) is 52.7 Å². The Morgan fingerprint density at radius 1 is 1.23 bits per heavy atom. The third-order valence-corrected chi connectivity index (χ3v) is 8.24. The summed E-state index contributed by atoms with van der Waals surface area (Å²) in [5.74, 6) is 1.93. The summed E-state index contributed by atoms with van der Waals surface area (Å²) < 4.78 is 12.0. The van der Waals surface area contributed by atoms with Crippen LogP contribution < -0.4 is 19.7 Å². The van der Waals surface area contributed by atoms with Crippen molar-refractivity contribution in [3.05, 3.63) is 58.3 Å². The minimum Gasteiger partial charge on any atom is -0.496 e. The number of para-hydroxylation sites is 2. The van der Waals surface area contributed by atoms with Crippen molar-refractivity contribution in [2.45, 2.75) is 43.8 Å². The Kier molecular flexibility index (Phi) is 9.15. The van der Waals surface area contributed by atoms with Gasteiger partial charge in [-0.3, -0.25) is 14.5 Å². The Morgan fingerprint density at radius 3 is 2.80 bits per heavy atom. The molecule has 0 saturated heterocycles. The molecule has 0 aromatic heterocycles. The molecule has 186 valence electrons. The summed E-state index contributed by atoms with van der Waals surface area (Å²) in [7, 11) is 1.60. The Morgan fingerprint density at radius 2 is 2.03 bits per heavy atom. The number of nitrogens with zero attached hydrogens (tertiary/aromatic N) is 1. The Balaban J connectivity index is 1.38. The van der Waals surface area contributed by atoms with Gasteiger partial charge in [-0.1, -0.05) is 37.5 Å². The Labute approximate surface area is 219 Å². The molecule has 8 heteroatoms. The summed E-state index contributed by atoms with van der Waals surface area (Å²) in [5.41, 5.74) is 1.37. The maximum Gasteiger partial charge on any atom is 0.294 e. The number of thioether (sulfide) groups is 1. The lowest BCUT2D eigenvalue weighted by atomic mass is 10.0. The fourth-order valence-electron chi connectivity index (χ4n) is 4.32. The van der Waals surface area contributed by atoms with Crippen LogP contribution in [0.3, 0.4) is 0 Å². The van der Waals surface area contributed by atoms with Crippen LogP contribution in [0.25, 0.3) is 6.08 Å². The maximum absolute atomic E-state index is 13.3. The van der Waals surface area contributed by atoms with Crippen molar-refractivity contribution in [3.63, 3.8) is 0 Å². The zero-order valence-corrected chi connectivity index (χ0v) is 22.3. The van der Waals surface area contributed by atoms with E-state index in [9.17, 15) is 9.59 Å². The van der Waals surface area contributed by atoms with E-state index < -0.39 is 0 Å². The summed E-state index contributed by atoms with van der Waals surface area (Å²) in [6.45, 7) is 0.555. The van der Waals surface area contributed by atoms with Crippen molar-refractivity contribution in [2.75, 3.05) is 30.9 Å². The highest BCUT2D eigenvalue weighted by atomic mass is 79.9. The zero-order valence-electron chi connectivity index (χ0n) is 19.9. The number of carbonyl (C=O) groups is 2. The molecule has 4 rings (SSSR count). The lowest BCUT2D eigenvalue weighted by Gasteiger charge is -2.30. The SMILES string of the molecule is COc1ccc(C=C2Oc3ccccc3N(CC(=O)NCCCSC3CCCCC3)C2=O)cc1Br. The van der Waals surface area contributed by atoms with Gasteiger partial charge < -0.3 is 14.8 Å². The van der Waals surface area contributed by atoms with Crippen molar-refractivity contribution >= 4 is 51.3 Å². The number of ether oxygens (including phenoxy) is 2. The van der Waals surface area contributed by atoms with Crippen LogP contribution in [0.5, 0.6) is 11.5 Å². The summed E-state index contributed by atoms with van der Waals surface area (Å²) in [6, 6.07) is 12.8. The van der Waals surface area contributed by atoms with E-state index in [-0.39, 0.29) is 24.1 Å². The normalized spacial score (nSPS) is 17.1. The van der Waals surface area contributed by atoms with Crippen LogP contribution in [0.4, 0.5) is 5.69 Å². The van der Waals surface area contributed by atoms with Gasteiger partial charge in [0.2, 0.25) is 5.91 Å². The molecule has 1 heterocycles. The molecule has 1 N–H and O–H groups in total. The van der Waals surface area contributed by atoms with E-state index in [1.54, 1.807) is 25.3 Å². The van der Waals surface area contributed by atoms with Crippen LogP contribution in [0.2, 0.25) is 0 Å². The number of methoxy groups -OCH3 is 1. The topological polar surface area (TPSA) is 67.9 Å². The molecule has 6 nitrogen and oxygen atoms in total. The molecule has 35 heavy (non-hydrogen) atoms. The fourth-order valence-corrected chi connectivity index (χ4v) is 6.19. The minimum absolute atomic E-state index is 0.0569. The van der Waals surface area contributed by atoms with E-state index in [0.29, 0.717) is 23.7 Å². The molecule has 0 radical (unpaired) electrons. The molecule has 1 aliphatic heterocycles. The van der Waals surface area contributed by atoms with Gasteiger partial charge in [0.15, 0.2) is 11.5 Å². The standard InChI is InChI=1S/C27H31BrN2O4S/c1-33-23-13-12-19(16-21(23)28)17-25-27(32)30(22-10-5-6-11-24(22)34-25)18-26(31)29-14-7-15-35-20-8-3-2-4-9-20/h5-6,10-13,16-17,20H,2-4,7-9,14-15,18H2,1H3,(H,29,31). The number of carbonyl (C=O) groups excluding carboxylic acids is 2. The quantitative estimate of drug-likeness (QED) is 0.311. The number of rotatable bonds is 9. The smallest absolute Gasteiger partial charge is 0.294 e. The molecule has 0 atom stereocenters. The van der Waals surface area contributed by atoms with Gasteiger partial charge in [-0.15, -0.1) is 0 Å². The third-order valence-electron chi connectivity index (χ3n) is 6.16. The Hall–Kier alpha value is -2.45. The molecule has 1 saturated carbocycles. The monoisotopic (exact) mass is 558 g/mol. The summed E-state index contributed by atoms with van der Waals surface area (Å²) >= 11 is 5.50. The van der Waals surface area contributed by atoms with Gasteiger partial charge in [-0.25, -0.2) is 0 Å². The fraction of sp³-hybridized carbons (Fsp3) is 0.407. The highest BCUT2D eigenvalue weighted by molar-refractivity contribution is 9.10. The number of anilines is 1. The lowest BCUT2D eigenvalue weighted by Crippen LogP contribution is -2.44. The second kappa shape index (κ2) is 12.5. The number of fused-ring (bicyclic) bond motifs is 1. The highest BCUT2D eigenvalue weighted by Crippen LogP contribution is 2.36. The number of halogens is 1. The van der Waals surface area contributed by atoms with Crippen LogP contribution in [0.1, 0.15) is 44.1 Å². The molecule has 1 fully saturated rings. The van der Waals surface area contributed by atoms with Gasteiger partial charge in [0.25, 0.3) is 5.91 Å². The molecule has 2 aromatic rings. The van der Waals surface area contributed by atoms with Crippen molar-refractivity contribution in [1.29, 1.82) is 0 Å². The summed E-state index contributed by atoms with van der Waals surface area (Å²) in [5, 5.41) is 3.75. The molecule has 2 aromatic carbocycles. The average Bonchev–Trinajstić information content (AvgIpc) is 2.87. The molecular formula is C27H31BrN2O4S. The van der Waals surface area contributed by atoms with E-state index in [2.05, 4.69) is 21.2 Å². The molecule has 0 unspecified atom stereocenters. The van der Waals surface area contributed by atoms with Crippen molar-refractivity contribution < 1.29 is 19.1 Å². The van der Waals surface area contributed by atoms with E-state index in [1.165, 1.54) is 37.0 Å². The van der Waals surface area contributed by atoms with Gasteiger partial charge in [-0.05, 0) is 76.9 Å². The first-order valence-corrected chi connectivity index (χ1v) is 13.9. The second-order valence-electron chi connectivity index (χ2n) is 8.70.